The Morgan fingerprint density at radius 2 is 2.00 bits per heavy atom. The van der Waals surface area contributed by atoms with Gasteiger partial charge in [-0.2, -0.15) is 0 Å². The van der Waals surface area contributed by atoms with Crippen LogP contribution in [-0.4, -0.2) is 21.9 Å². The molecule has 0 bridgehead atoms. The van der Waals surface area contributed by atoms with E-state index >= 15 is 0 Å². The first-order valence-corrected chi connectivity index (χ1v) is 7.96. The normalized spacial score (nSPS) is 20.8. The summed E-state index contributed by atoms with van der Waals surface area (Å²) in [6, 6.07) is 5.73. The van der Waals surface area contributed by atoms with Gasteiger partial charge in [-0.05, 0) is 12.0 Å². The van der Waals surface area contributed by atoms with Crippen molar-refractivity contribution in [3.8, 4) is 0 Å². The molecule has 1 amide bonds. The maximum Gasteiger partial charge on any atom is 0.236 e. The highest BCUT2D eigenvalue weighted by molar-refractivity contribution is 8.01. The Kier molecular flexibility index (Phi) is 5.02. The third-order valence-electron chi connectivity index (χ3n) is 3.80. The van der Waals surface area contributed by atoms with E-state index in [2.05, 4.69) is 0 Å². The topological polar surface area (TPSA) is 20.3 Å². The van der Waals surface area contributed by atoms with Gasteiger partial charge in [-0.3, -0.25) is 9.69 Å². The molecule has 1 heterocycles. The number of carbonyl (C=O) groups excluding carboxylic acids is 1. The van der Waals surface area contributed by atoms with Gasteiger partial charge in [0.15, 0.2) is 0 Å². The van der Waals surface area contributed by atoms with E-state index in [1.165, 1.54) is 34.9 Å². The lowest BCUT2D eigenvalue weighted by atomic mass is 10.0. The molecular weight excluding hydrogens is 280 g/mol. The predicted octanol–water partition coefficient (Wildman–Crippen LogP) is 4.13. The Hall–Kier alpha value is -1.10. The molecule has 1 aliphatic rings. The minimum Gasteiger partial charge on any atom is -0.295 e. The van der Waals surface area contributed by atoms with Gasteiger partial charge < -0.3 is 0 Å². The van der Waals surface area contributed by atoms with E-state index in [1.54, 1.807) is 6.07 Å². The first kappa shape index (κ1) is 15.3. The Labute approximate surface area is 122 Å². The van der Waals surface area contributed by atoms with Gasteiger partial charge in [0.2, 0.25) is 12.2 Å². The maximum absolute atomic E-state index is 14.7. The maximum atomic E-state index is 14.7. The van der Waals surface area contributed by atoms with E-state index in [-0.39, 0.29) is 28.5 Å². The number of rotatable bonds is 5. The van der Waals surface area contributed by atoms with E-state index in [4.69, 9.17) is 0 Å². The number of amides is 1. The second kappa shape index (κ2) is 6.57. The van der Waals surface area contributed by atoms with Crippen LogP contribution in [0.1, 0.15) is 38.5 Å². The number of nitrogens with zero attached hydrogens (tertiary/aromatic N) is 1. The van der Waals surface area contributed by atoms with Gasteiger partial charge in [-0.15, -0.1) is 11.8 Å². The van der Waals surface area contributed by atoms with Crippen molar-refractivity contribution in [3.05, 3.63) is 35.6 Å². The van der Waals surface area contributed by atoms with E-state index < -0.39 is 12.1 Å². The van der Waals surface area contributed by atoms with Crippen molar-refractivity contribution < 1.29 is 13.6 Å². The molecule has 2 unspecified atom stereocenters. The second-order valence-corrected chi connectivity index (χ2v) is 6.04. The number of thioether (sulfide) groups is 1. The van der Waals surface area contributed by atoms with Gasteiger partial charge in [0.25, 0.3) is 0 Å². The zero-order valence-electron chi connectivity index (χ0n) is 11.7. The Morgan fingerprint density at radius 3 is 2.60 bits per heavy atom. The molecule has 0 radical (unpaired) electrons. The number of halogens is 2. The van der Waals surface area contributed by atoms with Crippen LogP contribution >= 0.6 is 11.8 Å². The minimum atomic E-state index is -1.70. The van der Waals surface area contributed by atoms with Crippen LogP contribution in [0.4, 0.5) is 8.78 Å². The molecule has 1 aromatic rings. The zero-order chi connectivity index (χ0) is 14.7. The van der Waals surface area contributed by atoms with Gasteiger partial charge >= 0.3 is 0 Å². The standard InChI is InChI=1S/C15H19F2NOS/c1-3-10(4-2)15-18(13(19)9-20-15)14(17)11-7-5-6-8-12(11)16/h5-8,10,14-15H,3-4,9H2,1-2H3. The number of carbonyl (C=O) groups is 1. The molecule has 0 spiro atoms. The van der Waals surface area contributed by atoms with Crippen molar-refractivity contribution in [2.24, 2.45) is 5.92 Å². The fraction of sp³-hybridized carbons (Fsp3) is 0.533. The average molecular weight is 299 g/mol. The summed E-state index contributed by atoms with van der Waals surface area (Å²) in [5.74, 6) is -0.345. The lowest BCUT2D eigenvalue weighted by molar-refractivity contribution is -0.135. The third-order valence-corrected chi connectivity index (χ3v) is 5.16. The smallest absolute Gasteiger partial charge is 0.236 e. The van der Waals surface area contributed by atoms with Crippen LogP contribution in [-0.2, 0) is 4.79 Å². The van der Waals surface area contributed by atoms with Crippen LogP contribution in [0.3, 0.4) is 0 Å². The molecule has 20 heavy (non-hydrogen) atoms. The molecule has 2 rings (SSSR count). The molecule has 0 saturated carbocycles. The summed E-state index contributed by atoms with van der Waals surface area (Å²) >= 11 is 1.46. The monoisotopic (exact) mass is 299 g/mol. The fourth-order valence-corrected chi connectivity index (χ4v) is 4.09. The van der Waals surface area contributed by atoms with Gasteiger partial charge in [0.1, 0.15) is 5.82 Å². The summed E-state index contributed by atoms with van der Waals surface area (Å²) in [5.41, 5.74) is -0.0562. The van der Waals surface area contributed by atoms with E-state index in [0.717, 1.165) is 12.8 Å². The summed E-state index contributed by atoms with van der Waals surface area (Å²) < 4.78 is 28.4. The summed E-state index contributed by atoms with van der Waals surface area (Å²) in [6.45, 7) is 4.07. The van der Waals surface area contributed by atoms with Crippen molar-refractivity contribution in [3.63, 3.8) is 0 Å². The molecule has 2 nitrogen and oxygen atoms in total. The predicted molar refractivity (Wildman–Crippen MR) is 77.4 cm³/mol. The highest BCUT2D eigenvalue weighted by Crippen LogP contribution is 2.40. The van der Waals surface area contributed by atoms with Crippen molar-refractivity contribution in [1.82, 2.24) is 4.90 Å². The van der Waals surface area contributed by atoms with Crippen LogP contribution in [0, 0.1) is 11.7 Å². The minimum absolute atomic E-state index is 0.0562. The summed E-state index contributed by atoms with van der Waals surface area (Å²) in [6.07, 6.45) is 0.0495. The lowest BCUT2D eigenvalue weighted by Crippen LogP contribution is -2.38. The van der Waals surface area contributed by atoms with Gasteiger partial charge in [0, 0.05) is 5.56 Å². The van der Waals surface area contributed by atoms with Crippen LogP contribution in [0.25, 0.3) is 0 Å². The van der Waals surface area contributed by atoms with E-state index in [9.17, 15) is 13.6 Å². The summed E-state index contributed by atoms with van der Waals surface area (Å²) in [5, 5.41) is -0.202. The largest absolute Gasteiger partial charge is 0.295 e. The number of hydrogen-bond acceptors (Lipinski definition) is 2. The zero-order valence-corrected chi connectivity index (χ0v) is 12.5. The van der Waals surface area contributed by atoms with E-state index in [0.29, 0.717) is 0 Å². The molecule has 110 valence electrons. The first-order chi connectivity index (χ1) is 9.60. The first-order valence-electron chi connectivity index (χ1n) is 6.91. The molecule has 0 N–H and O–H groups in total. The Balaban J connectivity index is 2.28. The quantitative estimate of drug-likeness (QED) is 0.762. The molecule has 1 aliphatic heterocycles. The Morgan fingerprint density at radius 1 is 1.35 bits per heavy atom. The number of benzene rings is 1. The summed E-state index contributed by atoms with van der Waals surface area (Å²) in [4.78, 5) is 13.2. The SMILES string of the molecule is CCC(CC)C1SCC(=O)N1C(F)c1ccccc1F. The van der Waals surface area contributed by atoms with Crippen molar-refractivity contribution in [2.45, 2.75) is 38.4 Å². The molecule has 1 fully saturated rings. The Bertz CT molecular complexity index is 479. The molecular formula is C15H19F2NOS. The number of alkyl halides is 1. The van der Waals surface area contributed by atoms with Crippen molar-refractivity contribution in [1.29, 1.82) is 0 Å². The second-order valence-electron chi connectivity index (χ2n) is 4.94. The highest BCUT2D eigenvalue weighted by Gasteiger charge is 2.41. The number of hydrogen-bond donors (Lipinski definition) is 0. The van der Waals surface area contributed by atoms with Crippen LogP contribution in [0.5, 0.6) is 0 Å². The van der Waals surface area contributed by atoms with Crippen molar-refractivity contribution in [2.75, 3.05) is 5.75 Å². The molecule has 1 saturated heterocycles. The van der Waals surface area contributed by atoms with Crippen LogP contribution < -0.4 is 0 Å². The van der Waals surface area contributed by atoms with E-state index in [1.807, 2.05) is 13.8 Å². The van der Waals surface area contributed by atoms with Crippen LogP contribution in [0.2, 0.25) is 0 Å². The molecule has 1 aromatic carbocycles. The molecule has 0 aliphatic carbocycles. The van der Waals surface area contributed by atoms with Gasteiger partial charge in [0.05, 0.1) is 11.1 Å². The van der Waals surface area contributed by atoms with Crippen molar-refractivity contribution >= 4 is 17.7 Å². The average Bonchev–Trinajstić information content (AvgIpc) is 2.82. The third kappa shape index (κ3) is 2.82. The van der Waals surface area contributed by atoms with Gasteiger partial charge in [-0.1, -0.05) is 44.9 Å². The lowest BCUT2D eigenvalue weighted by Gasteiger charge is -2.32. The molecule has 5 heteroatoms. The highest BCUT2D eigenvalue weighted by atomic mass is 32.2. The molecule has 0 aromatic heterocycles. The van der Waals surface area contributed by atoms with Gasteiger partial charge in [-0.25, -0.2) is 8.78 Å². The van der Waals surface area contributed by atoms with Crippen LogP contribution in [0.15, 0.2) is 24.3 Å². The summed E-state index contributed by atoms with van der Waals surface area (Å²) in [7, 11) is 0. The fourth-order valence-electron chi connectivity index (χ4n) is 2.58. The molecule has 2 atom stereocenters.